The summed E-state index contributed by atoms with van der Waals surface area (Å²) in [6.45, 7) is 0.511. The second-order valence-electron chi connectivity index (χ2n) is 7.02. The Morgan fingerprint density at radius 2 is 1.78 bits per heavy atom. The Bertz CT molecular complexity index is 819. The van der Waals surface area contributed by atoms with Crippen LogP contribution in [0.1, 0.15) is 24.8 Å². The molecule has 146 valence electrons. The van der Waals surface area contributed by atoms with Gasteiger partial charge in [-0.1, -0.05) is 30.3 Å². The highest BCUT2D eigenvalue weighted by atomic mass is 32.2. The fourth-order valence-electron chi connectivity index (χ4n) is 3.48. The summed E-state index contributed by atoms with van der Waals surface area (Å²) in [6, 6.07) is 16.9. The van der Waals surface area contributed by atoms with Crippen LogP contribution in [0.2, 0.25) is 0 Å². The molecule has 1 aliphatic carbocycles. The third kappa shape index (κ3) is 5.57. The minimum absolute atomic E-state index is 0.0207. The smallest absolute Gasteiger partial charge is 0.178 e. The fourth-order valence-corrected chi connectivity index (χ4v) is 5.56. The molecular formula is C21H26O4S2. The van der Waals surface area contributed by atoms with Gasteiger partial charge in [0.1, 0.15) is 0 Å². The number of hydrogen-bond donors (Lipinski definition) is 1. The van der Waals surface area contributed by atoms with Gasteiger partial charge in [-0.3, -0.25) is 0 Å². The zero-order valence-corrected chi connectivity index (χ0v) is 17.1. The van der Waals surface area contributed by atoms with Crippen molar-refractivity contribution < 1.29 is 18.3 Å². The van der Waals surface area contributed by atoms with E-state index < -0.39 is 15.9 Å². The van der Waals surface area contributed by atoms with Gasteiger partial charge in [0.2, 0.25) is 0 Å². The summed E-state index contributed by atoms with van der Waals surface area (Å²) in [6.07, 6.45) is 3.24. The maximum Gasteiger partial charge on any atom is 0.178 e. The van der Waals surface area contributed by atoms with Crippen LogP contribution in [-0.2, 0) is 21.2 Å². The van der Waals surface area contributed by atoms with Crippen LogP contribution in [0, 0.1) is 5.92 Å². The molecule has 0 heterocycles. The summed E-state index contributed by atoms with van der Waals surface area (Å²) in [5.41, 5.74) is 1.10. The zero-order chi connectivity index (χ0) is 19.3. The van der Waals surface area contributed by atoms with Gasteiger partial charge >= 0.3 is 0 Å². The van der Waals surface area contributed by atoms with Crippen molar-refractivity contribution in [2.45, 2.75) is 47.9 Å². The second-order valence-corrected chi connectivity index (χ2v) is 9.93. The van der Waals surface area contributed by atoms with Crippen LogP contribution in [0.5, 0.6) is 0 Å². The lowest BCUT2D eigenvalue weighted by Crippen LogP contribution is -2.37. The van der Waals surface area contributed by atoms with Crippen molar-refractivity contribution in [3.63, 3.8) is 0 Å². The third-order valence-electron chi connectivity index (χ3n) is 5.07. The summed E-state index contributed by atoms with van der Waals surface area (Å²) in [7, 11) is -3.43. The van der Waals surface area contributed by atoms with Gasteiger partial charge in [0.05, 0.1) is 29.5 Å². The van der Waals surface area contributed by atoms with Gasteiger partial charge in [-0.25, -0.2) is 8.42 Å². The Kier molecular flexibility index (Phi) is 6.98. The van der Waals surface area contributed by atoms with Crippen molar-refractivity contribution in [2.24, 2.45) is 5.92 Å². The zero-order valence-electron chi connectivity index (χ0n) is 15.5. The van der Waals surface area contributed by atoms with Crippen LogP contribution in [0.3, 0.4) is 0 Å². The second kappa shape index (κ2) is 9.24. The molecule has 1 saturated carbocycles. The van der Waals surface area contributed by atoms with Crippen LogP contribution >= 0.6 is 11.8 Å². The third-order valence-corrected chi connectivity index (χ3v) is 7.68. The first-order valence-corrected chi connectivity index (χ1v) is 12.1. The molecule has 0 saturated heterocycles. The quantitative estimate of drug-likeness (QED) is 0.706. The molecule has 0 spiro atoms. The number of aliphatic hydroxyl groups is 1. The molecule has 3 atom stereocenters. The van der Waals surface area contributed by atoms with E-state index in [4.69, 9.17) is 4.74 Å². The molecular weight excluding hydrogens is 380 g/mol. The molecule has 1 N–H and O–H groups in total. The average Bonchev–Trinajstić information content (AvgIpc) is 2.69. The van der Waals surface area contributed by atoms with Gasteiger partial charge in [-0.05, 0) is 55.3 Å². The van der Waals surface area contributed by atoms with E-state index in [9.17, 15) is 13.5 Å². The lowest BCUT2D eigenvalue weighted by molar-refractivity contribution is -0.0351. The molecule has 1 fully saturated rings. The summed E-state index contributed by atoms with van der Waals surface area (Å²) in [4.78, 5) is 1.35. The first-order chi connectivity index (χ1) is 13.0. The monoisotopic (exact) mass is 406 g/mol. The van der Waals surface area contributed by atoms with Crippen molar-refractivity contribution in [2.75, 3.05) is 12.0 Å². The van der Waals surface area contributed by atoms with Crippen LogP contribution < -0.4 is 0 Å². The fraction of sp³-hybridized carbons (Fsp3) is 0.429. The van der Waals surface area contributed by atoms with Crippen LogP contribution in [-0.4, -0.2) is 37.7 Å². The van der Waals surface area contributed by atoms with Gasteiger partial charge in [-0.2, -0.15) is 0 Å². The van der Waals surface area contributed by atoms with Crippen molar-refractivity contribution >= 4 is 21.6 Å². The van der Waals surface area contributed by atoms with Gasteiger partial charge in [0, 0.05) is 10.8 Å². The largest absolute Gasteiger partial charge is 0.393 e. The minimum atomic E-state index is -3.43. The van der Waals surface area contributed by atoms with Crippen LogP contribution in [0.25, 0.3) is 0 Å². The van der Waals surface area contributed by atoms with E-state index >= 15 is 0 Å². The maximum absolute atomic E-state index is 12.8. The predicted octanol–water partition coefficient (Wildman–Crippen LogP) is 3.93. The summed E-state index contributed by atoms with van der Waals surface area (Å²) in [5, 5.41) is 10.3. The number of hydrogen-bond acceptors (Lipinski definition) is 5. The lowest BCUT2D eigenvalue weighted by Gasteiger charge is -2.33. The SMILES string of the molecule is CSc1ccc(S(=O)(=O)CC2C[C@@H](OCc3ccccc3)CCC2O)cc1. The Morgan fingerprint density at radius 3 is 2.44 bits per heavy atom. The van der Waals surface area contributed by atoms with Gasteiger partial charge in [0.15, 0.2) is 9.84 Å². The van der Waals surface area contributed by atoms with E-state index in [1.807, 2.05) is 48.7 Å². The molecule has 0 aromatic heterocycles. The number of ether oxygens (including phenoxy) is 1. The number of rotatable bonds is 7. The maximum atomic E-state index is 12.8. The van der Waals surface area contributed by atoms with Gasteiger partial charge < -0.3 is 9.84 Å². The number of sulfone groups is 1. The van der Waals surface area contributed by atoms with E-state index in [1.54, 1.807) is 23.9 Å². The summed E-state index contributed by atoms with van der Waals surface area (Å²) in [5.74, 6) is -0.345. The average molecular weight is 407 g/mol. The molecule has 3 rings (SSSR count). The van der Waals surface area contributed by atoms with E-state index in [1.165, 1.54) is 0 Å². The van der Waals surface area contributed by atoms with Crippen LogP contribution in [0.15, 0.2) is 64.4 Å². The molecule has 27 heavy (non-hydrogen) atoms. The molecule has 4 nitrogen and oxygen atoms in total. The highest BCUT2D eigenvalue weighted by Gasteiger charge is 2.33. The molecule has 2 aromatic carbocycles. The molecule has 1 aliphatic rings. The topological polar surface area (TPSA) is 63.6 Å². The number of benzene rings is 2. The molecule has 0 amide bonds. The summed E-state index contributed by atoms with van der Waals surface area (Å²) < 4.78 is 31.5. The molecule has 0 radical (unpaired) electrons. The van der Waals surface area contributed by atoms with E-state index in [0.717, 1.165) is 16.9 Å². The van der Waals surface area contributed by atoms with Crippen molar-refractivity contribution in [1.29, 1.82) is 0 Å². The number of thioether (sulfide) groups is 1. The molecule has 2 aromatic rings. The van der Waals surface area contributed by atoms with E-state index in [0.29, 0.717) is 24.3 Å². The Morgan fingerprint density at radius 1 is 1.07 bits per heavy atom. The normalized spacial score (nSPS) is 23.3. The molecule has 2 unspecified atom stereocenters. The Hall–Kier alpha value is -1.34. The highest BCUT2D eigenvalue weighted by Crippen LogP contribution is 2.30. The first kappa shape index (κ1) is 20.4. The minimum Gasteiger partial charge on any atom is -0.393 e. The lowest BCUT2D eigenvalue weighted by atomic mass is 9.86. The molecule has 0 aliphatic heterocycles. The van der Waals surface area contributed by atoms with E-state index in [-0.39, 0.29) is 17.8 Å². The van der Waals surface area contributed by atoms with E-state index in [2.05, 4.69) is 0 Å². The van der Waals surface area contributed by atoms with Gasteiger partial charge in [-0.15, -0.1) is 11.8 Å². The van der Waals surface area contributed by atoms with Crippen molar-refractivity contribution in [3.05, 3.63) is 60.2 Å². The molecule has 6 heteroatoms. The predicted molar refractivity (Wildman–Crippen MR) is 109 cm³/mol. The highest BCUT2D eigenvalue weighted by molar-refractivity contribution is 7.98. The Labute approximate surface area is 165 Å². The van der Waals surface area contributed by atoms with Gasteiger partial charge in [0.25, 0.3) is 0 Å². The Balaban J connectivity index is 1.61. The van der Waals surface area contributed by atoms with Crippen molar-refractivity contribution in [3.8, 4) is 0 Å². The summed E-state index contributed by atoms with van der Waals surface area (Å²) >= 11 is 1.58. The number of aliphatic hydroxyl groups excluding tert-OH is 1. The first-order valence-electron chi connectivity index (χ1n) is 9.18. The van der Waals surface area contributed by atoms with Crippen LogP contribution in [0.4, 0.5) is 0 Å². The molecule has 0 bridgehead atoms. The van der Waals surface area contributed by atoms with Crippen molar-refractivity contribution in [1.82, 2.24) is 0 Å². The standard InChI is InChI=1S/C21H26O4S2/c1-26-19-8-10-20(11-9-19)27(23,24)15-17-13-18(7-12-21(17)22)25-14-16-5-3-2-4-6-16/h2-6,8-11,17-18,21-22H,7,12-15H2,1H3/t17?,18-,21?/m0/s1.